The molecule has 0 atom stereocenters. The number of nitrogens with zero attached hydrogens (tertiary/aromatic N) is 1. The van der Waals surface area contributed by atoms with E-state index in [1.807, 2.05) is 0 Å². The number of halogens is 1. The van der Waals surface area contributed by atoms with Gasteiger partial charge in [0.15, 0.2) is 9.84 Å². The smallest absolute Gasteiger partial charge is 0.265 e. The Morgan fingerprint density at radius 2 is 2.06 bits per heavy atom. The molecule has 0 aliphatic rings. The minimum absolute atomic E-state index is 0.0690. The van der Waals surface area contributed by atoms with E-state index in [1.54, 1.807) is 13.8 Å². The standard InChI is InChI=1S/C10H15BrN2O3S/c1-7(2)17(15,16)4-3-13-6-8(12)5-9(11)10(13)14/h5-7H,3-4,12H2,1-2H3. The van der Waals surface area contributed by atoms with E-state index in [0.29, 0.717) is 10.2 Å². The van der Waals surface area contributed by atoms with Crippen LogP contribution in [0.3, 0.4) is 0 Å². The molecule has 1 heterocycles. The first-order valence-corrected chi connectivity index (χ1v) is 7.62. The lowest BCUT2D eigenvalue weighted by molar-refractivity contribution is 0.578. The lowest BCUT2D eigenvalue weighted by Crippen LogP contribution is -2.27. The quantitative estimate of drug-likeness (QED) is 0.897. The molecule has 5 nitrogen and oxygen atoms in total. The van der Waals surface area contributed by atoms with Crippen LogP contribution in [0.15, 0.2) is 21.5 Å². The second-order valence-corrected chi connectivity index (χ2v) is 7.57. The number of aromatic nitrogens is 1. The van der Waals surface area contributed by atoms with E-state index in [2.05, 4.69) is 15.9 Å². The molecule has 0 unspecified atom stereocenters. The maximum Gasteiger partial charge on any atom is 0.265 e. The summed E-state index contributed by atoms with van der Waals surface area (Å²) in [6, 6.07) is 1.50. The highest BCUT2D eigenvalue weighted by Crippen LogP contribution is 2.09. The number of nitrogen functional groups attached to an aromatic ring is 1. The van der Waals surface area contributed by atoms with E-state index in [4.69, 9.17) is 5.73 Å². The fourth-order valence-electron chi connectivity index (χ4n) is 1.25. The van der Waals surface area contributed by atoms with Crippen LogP contribution in [0.2, 0.25) is 0 Å². The molecule has 0 bridgehead atoms. The Labute approximate surface area is 109 Å². The predicted molar refractivity (Wildman–Crippen MR) is 71.7 cm³/mol. The Morgan fingerprint density at radius 1 is 1.47 bits per heavy atom. The summed E-state index contributed by atoms with van der Waals surface area (Å²) in [7, 11) is -3.15. The third-order valence-corrected chi connectivity index (χ3v) is 5.15. The Bertz CT molecular complexity index is 563. The summed E-state index contributed by atoms with van der Waals surface area (Å²) in [4.78, 5) is 11.7. The molecule has 1 aromatic rings. The van der Waals surface area contributed by atoms with Gasteiger partial charge in [-0.25, -0.2) is 8.42 Å². The predicted octanol–water partition coefficient (Wildman–Crippen LogP) is 1.02. The molecule has 1 rings (SSSR count). The monoisotopic (exact) mass is 322 g/mol. The van der Waals surface area contributed by atoms with Crippen molar-refractivity contribution in [2.24, 2.45) is 0 Å². The van der Waals surface area contributed by atoms with Gasteiger partial charge in [0, 0.05) is 18.4 Å². The number of anilines is 1. The summed E-state index contributed by atoms with van der Waals surface area (Å²) in [5.41, 5.74) is 5.72. The van der Waals surface area contributed by atoms with E-state index < -0.39 is 15.1 Å². The summed E-state index contributed by atoms with van der Waals surface area (Å²) in [5.74, 6) is -0.0690. The van der Waals surface area contributed by atoms with Crippen molar-refractivity contribution in [2.45, 2.75) is 25.6 Å². The Hall–Kier alpha value is -0.820. The van der Waals surface area contributed by atoms with Crippen LogP contribution >= 0.6 is 15.9 Å². The summed E-state index contributed by atoms with van der Waals surface area (Å²) in [6.07, 6.45) is 1.45. The van der Waals surface area contributed by atoms with Gasteiger partial charge in [-0.15, -0.1) is 0 Å². The van der Waals surface area contributed by atoms with Crippen molar-refractivity contribution in [3.63, 3.8) is 0 Å². The minimum Gasteiger partial charge on any atom is -0.398 e. The largest absolute Gasteiger partial charge is 0.398 e. The van der Waals surface area contributed by atoms with E-state index in [0.717, 1.165) is 0 Å². The van der Waals surface area contributed by atoms with Gasteiger partial charge in [0.05, 0.1) is 15.5 Å². The van der Waals surface area contributed by atoms with E-state index in [-0.39, 0.29) is 17.9 Å². The lowest BCUT2D eigenvalue weighted by atomic mass is 10.4. The molecule has 96 valence electrons. The lowest BCUT2D eigenvalue weighted by Gasteiger charge is -2.10. The number of pyridine rings is 1. The number of hydrogen-bond acceptors (Lipinski definition) is 4. The first-order chi connectivity index (χ1) is 7.74. The average molecular weight is 323 g/mol. The molecular weight excluding hydrogens is 308 g/mol. The third-order valence-electron chi connectivity index (χ3n) is 2.40. The van der Waals surface area contributed by atoms with Crippen molar-refractivity contribution in [1.82, 2.24) is 4.57 Å². The maximum atomic E-state index is 11.7. The summed E-state index contributed by atoms with van der Waals surface area (Å²) in [5, 5.41) is -0.442. The first-order valence-electron chi connectivity index (χ1n) is 5.11. The van der Waals surface area contributed by atoms with Gasteiger partial charge in [-0.3, -0.25) is 4.79 Å². The van der Waals surface area contributed by atoms with Gasteiger partial charge in [0.25, 0.3) is 5.56 Å². The van der Waals surface area contributed by atoms with Crippen LogP contribution in [-0.4, -0.2) is 24.0 Å². The van der Waals surface area contributed by atoms with Crippen molar-refractivity contribution in [1.29, 1.82) is 0 Å². The number of hydrogen-bond donors (Lipinski definition) is 1. The van der Waals surface area contributed by atoms with Gasteiger partial charge >= 0.3 is 0 Å². The van der Waals surface area contributed by atoms with Crippen molar-refractivity contribution < 1.29 is 8.42 Å². The van der Waals surface area contributed by atoms with Gasteiger partial charge in [-0.1, -0.05) is 0 Å². The Balaban J connectivity index is 2.95. The van der Waals surface area contributed by atoms with Crippen LogP contribution in [0.5, 0.6) is 0 Å². The van der Waals surface area contributed by atoms with Gasteiger partial charge in [0.1, 0.15) is 0 Å². The normalized spacial score (nSPS) is 12.0. The summed E-state index contributed by atoms with van der Waals surface area (Å²) >= 11 is 3.08. The topological polar surface area (TPSA) is 82.2 Å². The second kappa shape index (κ2) is 5.22. The number of sulfone groups is 1. The van der Waals surface area contributed by atoms with E-state index in [9.17, 15) is 13.2 Å². The molecule has 2 N–H and O–H groups in total. The molecule has 1 aromatic heterocycles. The molecule has 0 radical (unpaired) electrons. The van der Waals surface area contributed by atoms with Gasteiger partial charge < -0.3 is 10.3 Å². The van der Waals surface area contributed by atoms with Crippen LogP contribution in [0, 0.1) is 0 Å². The van der Waals surface area contributed by atoms with Crippen molar-refractivity contribution >= 4 is 31.5 Å². The highest BCUT2D eigenvalue weighted by molar-refractivity contribution is 9.10. The molecule has 17 heavy (non-hydrogen) atoms. The number of nitrogens with two attached hydrogens (primary N) is 1. The van der Waals surface area contributed by atoms with E-state index >= 15 is 0 Å². The van der Waals surface area contributed by atoms with Crippen molar-refractivity contribution in [3.05, 3.63) is 27.1 Å². The highest BCUT2D eigenvalue weighted by Gasteiger charge is 2.16. The molecule has 0 amide bonds. The van der Waals surface area contributed by atoms with Crippen LogP contribution in [0.25, 0.3) is 0 Å². The van der Waals surface area contributed by atoms with E-state index in [1.165, 1.54) is 16.8 Å². The molecule has 0 aliphatic heterocycles. The van der Waals surface area contributed by atoms with Crippen molar-refractivity contribution in [3.8, 4) is 0 Å². The molecule has 7 heteroatoms. The summed E-state index contributed by atoms with van der Waals surface area (Å²) < 4.78 is 24.9. The zero-order valence-corrected chi connectivity index (χ0v) is 12.1. The molecule has 0 fully saturated rings. The average Bonchev–Trinajstić information content (AvgIpc) is 2.21. The minimum atomic E-state index is -3.15. The molecule has 0 saturated carbocycles. The van der Waals surface area contributed by atoms with Crippen LogP contribution in [0.1, 0.15) is 13.8 Å². The van der Waals surface area contributed by atoms with Gasteiger partial charge in [-0.05, 0) is 35.8 Å². The molecular formula is C10H15BrN2O3S. The molecule has 0 spiro atoms. The molecule has 0 aromatic carbocycles. The zero-order chi connectivity index (χ0) is 13.2. The fraction of sp³-hybridized carbons (Fsp3) is 0.500. The fourth-order valence-corrected chi connectivity index (χ4v) is 2.66. The number of rotatable bonds is 4. The Kier molecular flexibility index (Phi) is 4.37. The SMILES string of the molecule is CC(C)S(=O)(=O)CCn1cc(N)cc(Br)c1=O. The van der Waals surface area contributed by atoms with Crippen LogP contribution in [-0.2, 0) is 16.4 Å². The van der Waals surface area contributed by atoms with Crippen LogP contribution in [0.4, 0.5) is 5.69 Å². The summed E-state index contributed by atoms with van der Waals surface area (Å²) in [6.45, 7) is 3.35. The van der Waals surface area contributed by atoms with Gasteiger partial charge in [0.2, 0.25) is 0 Å². The maximum absolute atomic E-state index is 11.7. The third kappa shape index (κ3) is 3.57. The molecule has 0 saturated heterocycles. The van der Waals surface area contributed by atoms with Crippen LogP contribution < -0.4 is 11.3 Å². The first kappa shape index (κ1) is 14.2. The van der Waals surface area contributed by atoms with Gasteiger partial charge in [-0.2, -0.15) is 0 Å². The number of aryl methyl sites for hydroxylation is 1. The Morgan fingerprint density at radius 3 is 2.59 bits per heavy atom. The molecule has 0 aliphatic carbocycles. The van der Waals surface area contributed by atoms with Crippen molar-refractivity contribution in [2.75, 3.05) is 11.5 Å². The zero-order valence-electron chi connectivity index (χ0n) is 9.68. The highest BCUT2D eigenvalue weighted by atomic mass is 79.9. The second-order valence-electron chi connectivity index (χ2n) is 4.04.